The van der Waals surface area contributed by atoms with E-state index in [1.165, 1.54) is 0 Å². The van der Waals surface area contributed by atoms with Gasteiger partial charge in [0, 0.05) is 35.0 Å². The largest absolute Gasteiger partial charge is 0.346 e. The van der Waals surface area contributed by atoms with Crippen molar-refractivity contribution in [2.45, 2.75) is 13.5 Å². The summed E-state index contributed by atoms with van der Waals surface area (Å²) in [5.41, 5.74) is 1.49. The molecule has 18 heavy (non-hydrogen) atoms. The Kier molecular flexibility index (Phi) is 3.52. The summed E-state index contributed by atoms with van der Waals surface area (Å²) in [6.07, 6.45) is 2.51. The number of fused-ring (bicyclic) bond motifs is 1. The van der Waals surface area contributed by atoms with Crippen LogP contribution in [0.4, 0.5) is 0 Å². The van der Waals surface area contributed by atoms with Gasteiger partial charge < -0.3 is 4.57 Å². The van der Waals surface area contributed by atoms with Gasteiger partial charge in [-0.1, -0.05) is 25.1 Å². The van der Waals surface area contributed by atoms with Gasteiger partial charge in [-0.2, -0.15) is 0 Å². The first kappa shape index (κ1) is 12.8. The predicted octanol–water partition coefficient (Wildman–Crippen LogP) is 1.89. The van der Waals surface area contributed by atoms with Gasteiger partial charge in [0.1, 0.15) is 0 Å². The molecule has 5 heteroatoms. The van der Waals surface area contributed by atoms with Crippen LogP contribution in [0.25, 0.3) is 10.9 Å². The smallest absolute Gasteiger partial charge is 0.152 e. The molecule has 2 aromatic rings. The molecular weight excluding hydrogens is 250 g/mol. The highest BCUT2D eigenvalue weighted by Gasteiger charge is 2.11. The molecule has 0 atom stereocenters. The van der Waals surface area contributed by atoms with E-state index >= 15 is 0 Å². The fourth-order valence-electron chi connectivity index (χ4n) is 1.94. The number of rotatable bonds is 5. The molecule has 0 N–H and O–H groups in total. The molecule has 4 nitrogen and oxygen atoms in total. The van der Waals surface area contributed by atoms with E-state index in [9.17, 15) is 13.2 Å². The second-order valence-corrected chi connectivity index (χ2v) is 6.62. The summed E-state index contributed by atoms with van der Waals surface area (Å²) >= 11 is 0. The molecule has 2 rings (SSSR count). The van der Waals surface area contributed by atoms with Crippen LogP contribution in [0.3, 0.4) is 0 Å². The SMILES string of the molecule is CCS(=O)(=O)CCn1cc(C=O)c2ccccc21. The monoisotopic (exact) mass is 265 g/mol. The topological polar surface area (TPSA) is 56.1 Å². The van der Waals surface area contributed by atoms with E-state index < -0.39 is 9.84 Å². The normalized spacial score (nSPS) is 11.8. The van der Waals surface area contributed by atoms with Crippen molar-refractivity contribution in [3.8, 4) is 0 Å². The number of para-hydroxylation sites is 1. The van der Waals surface area contributed by atoms with E-state index in [0.717, 1.165) is 17.2 Å². The van der Waals surface area contributed by atoms with Crippen LogP contribution in [0, 0.1) is 0 Å². The predicted molar refractivity (Wildman–Crippen MR) is 71.7 cm³/mol. The molecule has 1 aromatic heterocycles. The number of aromatic nitrogens is 1. The molecule has 1 aromatic carbocycles. The molecule has 0 saturated heterocycles. The van der Waals surface area contributed by atoms with Crippen LogP contribution in [0.15, 0.2) is 30.5 Å². The van der Waals surface area contributed by atoms with Crippen LogP contribution in [-0.4, -0.2) is 30.8 Å². The van der Waals surface area contributed by atoms with Crippen molar-refractivity contribution in [2.24, 2.45) is 0 Å². The van der Waals surface area contributed by atoms with Crippen molar-refractivity contribution < 1.29 is 13.2 Å². The first-order chi connectivity index (χ1) is 8.57. The van der Waals surface area contributed by atoms with Crippen molar-refractivity contribution in [3.63, 3.8) is 0 Å². The summed E-state index contributed by atoms with van der Waals surface area (Å²) in [7, 11) is -2.99. The van der Waals surface area contributed by atoms with Gasteiger partial charge in [-0.3, -0.25) is 4.79 Å². The van der Waals surface area contributed by atoms with Crippen LogP contribution in [0.1, 0.15) is 17.3 Å². The zero-order valence-electron chi connectivity index (χ0n) is 10.2. The summed E-state index contributed by atoms with van der Waals surface area (Å²) in [5.74, 6) is 0.243. The van der Waals surface area contributed by atoms with Gasteiger partial charge in [-0.05, 0) is 6.07 Å². The maximum atomic E-state index is 11.5. The fraction of sp³-hybridized carbons (Fsp3) is 0.308. The number of hydrogen-bond donors (Lipinski definition) is 0. The van der Waals surface area contributed by atoms with E-state index in [2.05, 4.69) is 0 Å². The Hall–Kier alpha value is -1.62. The second-order valence-electron chi connectivity index (χ2n) is 4.15. The van der Waals surface area contributed by atoms with Crippen molar-refractivity contribution in [3.05, 3.63) is 36.0 Å². The maximum Gasteiger partial charge on any atom is 0.152 e. The van der Waals surface area contributed by atoms with Crippen molar-refractivity contribution >= 4 is 27.0 Å². The van der Waals surface area contributed by atoms with E-state index in [1.54, 1.807) is 13.1 Å². The van der Waals surface area contributed by atoms with Gasteiger partial charge in [-0.25, -0.2) is 8.42 Å². The lowest BCUT2D eigenvalue weighted by atomic mass is 10.2. The molecule has 0 radical (unpaired) electrons. The zero-order chi connectivity index (χ0) is 13.2. The Morgan fingerprint density at radius 3 is 2.67 bits per heavy atom. The molecule has 0 bridgehead atoms. The van der Waals surface area contributed by atoms with Gasteiger partial charge >= 0.3 is 0 Å². The average Bonchev–Trinajstić information content (AvgIpc) is 2.75. The third-order valence-corrected chi connectivity index (χ3v) is 4.71. The van der Waals surface area contributed by atoms with Crippen LogP contribution < -0.4 is 0 Å². The van der Waals surface area contributed by atoms with Crippen LogP contribution in [0.2, 0.25) is 0 Å². The van der Waals surface area contributed by atoms with Crippen molar-refractivity contribution in [1.82, 2.24) is 4.57 Å². The molecule has 1 heterocycles. The van der Waals surface area contributed by atoms with Crippen molar-refractivity contribution in [2.75, 3.05) is 11.5 Å². The van der Waals surface area contributed by atoms with Gasteiger partial charge in [0.15, 0.2) is 16.1 Å². The minimum atomic E-state index is -2.99. The molecule has 0 aliphatic heterocycles. The second kappa shape index (κ2) is 4.94. The number of carbonyl (C=O) groups is 1. The van der Waals surface area contributed by atoms with E-state index in [4.69, 9.17) is 0 Å². The minimum Gasteiger partial charge on any atom is -0.346 e. The average molecular weight is 265 g/mol. The highest BCUT2D eigenvalue weighted by Crippen LogP contribution is 2.19. The standard InChI is InChI=1S/C13H15NO3S/c1-2-18(16,17)8-7-14-9-11(10-15)12-5-3-4-6-13(12)14/h3-6,9-10H,2,7-8H2,1H3. The Bertz CT molecular complexity index is 671. The summed E-state index contributed by atoms with van der Waals surface area (Å²) in [6.45, 7) is 2.02. The lowest BCUT2D eigenvalue weighted by Crippen LogP contribution is -2.14. The van der Waals surface area contributed by atoms with Crippen molar-refractivity contribution in [1.29, 1.82) is 0 Å². The molecule has 0 aliphatic rings. The van der Waals surface area contributed by atoms with Gasteiger partial charge in [0.2, 0.25) is 0 Å². The Balaban J connectivity index is 2.37. The Labute approximate surface area is 106 Å². The molecule has 0 aliphatic carbocycles. The number of benzene rings is 1. The molecule has 0 unspecified atom stereocenters. The van der Waals surface area contributed by atoms with E-state index in [0.29, 0.717) is 12.1 Å². The van der Waals surface area contributed by atoms with Crippen LogP contribution >= 0.6 is 0 Å². The third-order valence-electron chi connectivity index (χ3n) is 3.03. The number of hydrogen-bond acceptors (Lipinski definition) is 3. The zero-order valence-corrected chi connectivity index (χ0v) is 11.0. The van der Waals surface area contributed by atoms with Gasteiger partial charge in [0.05, 0.1) is 5.75 Å². The minimum absolute atomic E-state index is 0.0977. The number of nitrogens with zero attached hydrogens (tertiary/aromatic N) is 1. The van der Waals surface area contributed by atoms with Gasteiger partial charge in [0.25, 0.3) is 0 Å². The Morgan fingerprint density at radius 2 is 2.00 bits per heavy atom. The maximum absolute atomic E-state index is 11.5. The third kappa shape index (κ3) is 2.46. The fourth-order valence-corrected chi connectivity index (χ4v) is 2.70. The van der Waals surface area contributed by atoms with E-state index in [1.807, 2.05) is 28.8 Å². The summed E-state index contributed by atoms with van der Waals surface area (Å²) in [6, 6.07) is 7.50. The molecule has 96 valence electrons. The first-order valence-corrected chi connectivity index (χ1v) is 7.63. The molecule has 0 spiro atoms. The summed E-state index contributed by atoms with van der Waals surface area (Å²) in [4.78, 5) is 11.0. The van der Waals surface area contributed by atoms with Crippen LogP contribution in [0.5, 0.6) is 0 Å². The molecular formula is C13H15NO3S. The quantitative estimate of drug-likeness (QED) is 0.776. The lowest BCUT2D eigenvalue weighted by molar-refractivity contribution is 0.112. The summed E-state index contributed by atoms with van der Waals surface area (Å²) in [5, 5.41) is 0.862. The molecule has 0 amide bonds. The number of carbonyl (C=O) groups excluding carboxylic acids is 1. The molecule has 0 saturated carbocycles. The first-order valence-electron chi connectivity index (χ1n) is 5.81. The van der Waals surface area contributed by atoms with Gasteiger partial charge in [-0.15, -0.1) is 0 Å². The summed E-state index contributed by atoms with van der Waals surface area (Å²) < 4.78 is 24.8. The Morgan fingerprint density at radius 1 is 1.28 bits per heavy atom. The lowest BCUT2D eigenvalue weighted by Gasteiger charge is -2.05. The highest BCUT2D eigenvalue weighted by molar-refractivity contribution is 7.91. The number of sulfone groups is 1. The molecule has 0 fully saturated rings. The highest BCUT2D eigenvalue weighted by atomic mass is 32.2. The van der Waals surface area contributed by atoms with Crippen LogP contribution in [-0.2, 0) is 16.4 Å². The number of aldehydes is 1. The number of aryl methyl sites for hydroxylation is 1. The van der Waals surface area contributed by atoms with E-state index in [-0.39, 0.29) is 11.5 Å².